The van der Waals surface area contributed by atoms with E-state index in [2.05, 4.69) is 23.4 Å². The van der Waals surface area contributed by atoms with Gasteiger partial charge in [0.25, 0.3) is 0 Å². The second kappa shape index (κ2) is 10.4. The van der Waals surface area contributed by atoms with Crippen LogP contribution < -0.4 is 5.32 Å². The Bertz CT molecular complexity index is 207. The molecule has 0 aromatic heterocycles. The normalized spacial score (nSPS) is 10.1. The molecule has 0 aromatic rings. The van der Waals surface area contributed by atoms with Crippen LogP contribution in [0.2, 0.25) is 0 Å². The molecule has 1 N–H and O–H groups in total. The van der Waals surface area contributed by atoms with E-state index in [1.807, 2.05) is 12.2 Å². The summed E-state index contributed by atoms with van der Waals surface area (Å²) >= 11 is 0. The van der Waals surface area contributed by atoms with E-state index >= 15 is 0 Å². The first-order valence-corrected chi connectivity index (χ1v) is 5.55. The smallest absolute Gasteiger partial charge is 0.319 e. The Morgan fingerprint density at radius 2 is 2.00 bits per heavy atom. The Kier molecular flexibility index (Phi) is 9.66. The van der Waals surface area contributed by atoms with E-state index in [1.165, 1.54) is 0 Å². The monoisotopic (exact) mass is 226 g/mol. The van der Waals surface area contributed by atoms with Gasteiger partial charge in [-0.3, -0.25) is 9.69 Å². The number of rotatable bonds is 10. The molecule has 0 atom stereocenters. The molecule has 16 heavy (non-hydrogen) atoms. The van der Waals surface area contributed by atoms with Crippen molar-refractivity contribution in [3.05, 3.63) is 25.3 Å². The number of hydrogen-bond acceptors (Lipinski definition) is 4. The van der Waals surface area contributed by atoms with Crippen molar-refractivity contribution in [1.82, 2.24) is 10.2 Å². The zero-order valence-corrected chi connectivity index (χ0v) is 10.1. The van der Waals surface area contributed by atoms with Gasteiger partial charge >= 0.3 is 5.97 Å². The zero-order chi connectivity index (χ0) is 12.2. The Morgan fingerprint density at radius 3 is 2.50 bits per heavy atom. The highest BCUT2D eigenvalue weighted by Crippen LogP contribution is 1.87. The molecular weight excluding hydrogens is 204 g/mol. The fourth-order valence-electron chi connectivity index (χ4n) is 1.26. The second-order valence-electron chi connectivity index (χ2n) is 3.32. The van der Waals surface area contributed by atoms with Gasteiger partial charge in [-0.1, -0.05) is 12.2 Å². The van der Waals surface area contributed by atoms with Crippen LogP contribution in [0.15, 0.2) is 25.3 Å². The maximum atomic E-state index is 11.0. The maximum absolute atomic E-state index is 11.0. The lowest BCUT2D eigenvalue weighted by Gasteiger charge is -2.18. The SMILES string of the molecule is C=CCN(CC=C)CCNCC(=O)OCC. The predicted molar refractivity (Wildman–Crippen MR) is 66.3 cm³/mol. The summed E-state index contributed by atoms with van der Waals surface area (Å²) in [6.45, 7) is 13.1. The second-order valence-corrected chi connectivity index (χ2v) is 3.32. The van der Waals surface area contributed by atoms with E-state index in [0.29, 0.717) is 6.61 Å². The van der Waals surface area contributed by atoms with Crippen LogP contribution in [0.5, 0.6) is 0 Å². The zero-order valence-electron chi connectivity index (χ0n) is 10.1. The first kappa shape index (κ1) is 14.9. The molecule has 0 unspecified atom stereocenters. The highest BCUT2D eigenvalue weighted by Gasteiger charge is 2.02. The fourth-order valence-corrected chi connectivity index (χ4v) is 1.26. The molecule has 0 heterocycles. The van der Waals surface area contributed by atoms with Crippen molar-refractivity contribution >= 4 is 5.97 Å². The van der Waals surface area contributed by atoms with E-state index in [4.69, 9.17) is 4.74 Å². The molecule has 0 aliphatic heterocycles. The number of ether oxygens (including phenoxy) is 1. The van der Waals surface area contributed by atoms with Gasteiger partial charge in [-0.05, 0) is 6.92 Å². The minimum absolute atomic E-state index is 0.207. The van der Waals surface area contributed by atoms with Crippen LogP contribution in [0.3, 0.4) is 0 Å². The van der Waals surface area contributed by atoms with Gasteiger partial charge in [-0.15, -0.1) is 13.2 Å². The first-order valence-electron chi connectivity index (χ1n) is 5.55. The molecule has 0 aliphatic rings. The molecular formula is C12H22N2O2. The van der Waals surface area contributed by atoms with Crippen molar-refractivity contribution in [2.24, 2.45) is 0 Å². The van der Waals surface area contributed by atoms with Gasteiger partial charge in [0.15, 0.2) is 0 Å². The molecule has 0 rings (SSSR count). The Balaban J connectivity index is 3.56. The van der Waals surface area contributed by atoms with Crippen LogP contribution >= 0.6 is 0 Å². The quantitative estimate of drug-likeness (QED) is 0.340. The number of esters is 1. The third-order valence-electron chi connectivity index (χ3n) is 1.95. The molecule has 0 spiro atoms. The van der Waals surface area contributed by atoms with Crippen LogP contribution in [0, 0.1) is 0 Å². The van der Waals surface area contributed by atoms with E-state index in [0.717, 1.165) is 26.2 Å². The minimum Gasteiger partial charge on any atom is -0.465 e. The number of hydrogen-bond donors (Lipinski definition) is 1. The molecule has 0 saturated carbocycles. The van der Waals surface area contributed by atoms with E-state index in [1.54, 1.807) is 6.92 Å². The predicted octanol–water partition coefficient (Wildman–Crippen LogP) is 0.813. The fraction of sp³-hybridized carbons (Fsp3) is 0.583. The number of carbonyl (C=O) groups excluding carboxylic acids is 1. The largest absolute Gasteiger partial charge is 0.465 e. The van der Waals surface area contributed by atoms with Crippen molar-refractivity contribution in [3.8, 4) is 0 Å². The van der Waals surface area contributed by atoms with Crippen LogP contribution in [-0.4, -0.2) is 50.2 Å². The molecule has 0 bridgehead atoms. The van der Waals surface area contributed by atoms with Crippen LogP contribution in [0.25, 0.3) is 0 Å². The maximum Gasteiger partial charge on any atom is 0.319 e. The molecule has 0 aliphatic carbocycles. The van der Waals surface area contributed by atoms with Crippen molar-refractivity contribution in [2.75, 3.05) is 39.3 Å². The van der Waals surface area contributed by atoms with Crippen molar-refractivity contribution in [1.29, 1.82) is 0 Å². The summed E-state index contributed by atoms with van der Waals surface area (Å²) in [7, 11) is 0. The number of nitrogens with one attached hydrogen (secondary N) is 1. The van der Waals surface area contributed by atoms with E-state index in [9.17, 15) is 4.79 Å². The molecule has 92 valence electrons. The molecule has 0 aromatic carbocycles. The van der Waals surface area contributed by atoms with Crippen LogP contribution in [-0.2, 0) is 9.53 Å². The lowest BCUT2D eigenvalue weighted by atomic mass is 10.4. The highest BCUT2D eigenvalue weighted by atomic mass is 16.5. The minimum atomic E-state index is -0.207. The van der Waals surface area contributed by atoms with Gasteiger partial charge in [0.1, 0.15) is 0 Å². The van der Waals surface area contributed by atoms with E-state index < -0.39 is 0 Å². The lowest BCUT2D eigenvalue weighted by molar-refractivity contribution is -0.141. The van der Waals surface area contributed by atoms with Gasteiger partial charge in [0, 0.05) is 26.2 Å². The van der Waals surface area contributed by atoms with Crippen molar-refractivity contribution < 1.29 is 9.53 Å². The average Bonchev–Trinajstić information content (AvgIpc) is 2.25. The summed E-state index contributed by atoms with van der Waals surface area (Å²) in [6, 6.07) is 0. The summed E-state index contributed by atoms with van der Waals surface area (Å²) in [4.78, 5) is 13.2. The van der Waals surface area contributed by atoms with Gasteiger partial charge in [0.05, 0.1) is 13.2 Å². The molecule has 0 fully saturated rings. The third kappa shape index (κ3) is 8.20. The Morgan fingerprint density at radius 1 is 1.38 bits per heavy atom. The topological polar surface area (TPSA) is 41.6 Å². The lowest BCUT2D eigenvalue weighted by Crippen LogP contribution is -2.35. The Hall–Kier alpha value is -1.13. The van der Waals surface area contributed by atoms with Gasteiger partial charge < -0.3 is 10.1 Å². The third-order valence-corrected chi connectivity index (χ3v) is 1.95. The molecule has 0 amide bonds. The number of nitrogens with zero attached hydrogens (tertiary/aromatic N) is 1. The van der Waals surface area contributed by atoms with E-state index in [-0.39, 0.29) is 12.5 Å². The first-order chi connectivity index (χ1) is 7.74. The van der Waals surface area contributed by atoms with Gasteiger partial charge in [0.2, 0.25) is 0 Å². The average molecular weight is 226 g/mol. The molecule has 0 saturated heterocycles. The highest BCUT2D eigenvalue weighted by molar-refractivity contribution is 5.71. The standard InChI is InChI=1S/C12H22N2O2/c1-4-8-14(9-5-2)10-7-13-11-12(15)16-6-3/h4-5,13H,1-2,6-11H2,3H3. The van der Waals surface area contributed by atoms with Crippen LogP contribution in [0.1, 0.15) is 6.92 Å². The molecule has 0 radical (unpaired) electrons. The van der Waals surface area contributed by atoms with Gasteiger partial charge in [-0.25, -0.2) is 0 Å². The molecule has 4 nitrogen and oxygen atoms in total. The van der Waals surface area contributed by atoms with Gasteiger partial charge in [-0.2, -0.15) is 0 Å². The summed E-state index contributed by atoms with van der Waals surface area (Å²) in [5, 5.41) is 3.03. The van der Waals surface area contributed by atoms with Crippen molar-refractivity contribution in [2.45, 2.75) is 6.92 Å². The van der Waals surface area contributed by atoms with Crippen LogP contribution in [0.4, 0.5) is 0 Å². The molecule has 4 heteroatoms. The summed E-state index contributed by atoms with van der Waals surface area (Å²) in [5.41, 5.74) is 0. The summed E-state index contributed by atoms with van der Waals surface area (Å²) in [6.07, 6.45) is 3.71. The van der Waals surface area contributed by atoms with Crippen molar-refractivity contribution in [3.63, 3.8) is 0 Å². The summed E-state index contributed by atoms with van der Waals surface area (Å²) < 4.78 is 4.80. The Labute approximate surface area is 98.0 Å². The number of carbonyl (C=O) groups is 1. The summed E-state index contributed by atoms with van der Waals surface area (Å²) in [5.74, 6) is -0.207.